The lowest BCUT2D eigenvalue weighted by Crippen LogP contribution is -2.29. The molecule has 1 aromatic heterocycles. The fourth-order valence-corrected chi connectivity index (χ4v) is 2.05. The Kier molecular flexibility index (Phi) is 5.42. The smallest absolute Gasteiger partial charge is 0.139 e. The first-order valence-corrected chi connectivity index (χ1v) is 6.22. The van der Waals surface area contributed by atoms with Gasteiger partial charge < -0.3 is 16.0 Å². The van der Waals surface area contributed by atoms with E-state index >= 15 is 0 Å². The predicted octanol–water partition coefficient (Wildman–Crippen LogP) is 1.87. The molecular formula is C10H20N4S. The van der Waals surface area contributed by atoms with Gasteiger partial charge in [-0.25, -0.2) is 0 Å². The quantitative estimate of drug-likeness (QED) is 0.748. The van der Waals surface area contributed by atoms with Gasteiger partial charge in [0.1, 0.15) is 10.8 Å². The summed E-state index contributed by atoms with van der Waals surface area (Å²) in [5.74, 6) is 0.600. The van der Waals surface area contributed by atoms with E-state index < -0.39 is 0 Å². The van der Waals surface area contributed by atoms with Crippen LogP contribution in [-0.2, 0) is 0 Å². The zero-order chi connectivity index (χ0) is 11.1. The van der Waals surface area contributed by atoms with Gasteiger partial charge >= 0.3 is 0 Å². The highest BCUT2D eigenvalue weighted by Gasteiger charge is 2.01. The maximum atomic E-state index is 5.53. The number of rotatable bonds is 7. The molecule has 1 heterocycles. The zero-order valence-electron chi connectivity index (χ0n) is 9.49. The Morgan fingerprint density at radius 1 is 1.47 bits per heavy atom. The lowest BCUT2D eigenvalue weighted by atomic mass is 10.4. The maximum Gasteiger partial charge on any atom is 0.139 e. The van der Waals surface area contributed by atoms with Crippen molar-refractivity contribution in [1.82, 2.24) is 9.27 Å². The van der Waals surface area contributed by atoms with Crippen LogP contribution < -0.4 is 11.1 Å². The van der Waals surface area contributed by atoms with E-state index in [0.29, 0.717) is 5.82 Å². The number of anilines is 2. The summed E-state index contributed by atoms with van der Waals surface area (Å²) in [6.07, 6.45) is 1.21. The summed E-state index contributed by atoms with van der Waals surface area (Å²) in [5, 5.41) is 4.38. The molecule has 0 aromatic carbocycles. The fraction of sp³-hybridized carbons (Fsp3) is 0.700. The van der Waals surface area contributed by atoms with Gasteiger partial charge in [0, 0.05) is 19.2 Å². The van der Waals surface area contributed by atoms with Crippen LogP contribution in [0.4, 0.5) is 10.8 Å². The first-order chi connectivity index (χ1) is 7.26. The van der Waals surface area contributed by atoms with Crippen LogP contribution in [0.1, 0.15) is 20.3 Å². The molecule has 0 saturated heterocycles. The standard InChI is InChI=1S/C10H20N4S/c1-3-6-14(4-2)7-5-12-10-8-9(11)13-15-10/h8,12H,3-7H2,1-2H3,(H2,11,13). The van der Waals surface area contributed by atoms with E-state index in [9.17, 15) is 0 Å². The molecule has 1 aromatic rings. The lowest BCUT2D eigenvalue weighted by Gasteiger charge is -2.19. The summed E-state index contributed by atoms with van der Waals surface area (Å²) in [7, 11) is 0. The van der Waals surface area contributed by atoms with Gasteiger partial charge in [0.2, 0.25) is 0 Å². The Morgan fingerprint density at radius 2 is 2.27 bits per heavy atom. The first kappa shape index (κ1) is 12.3. The second-order valence-corrected chi connectivity index (χ2v) is 4.28. The van der Waals surface area contributed by atoms with Crippen molar-refractivity contribution in [1.29, 1.82) is 0 Å². The molecule has 0 fully saturated rings. The van der Waals surface area contributed by atoms with E-state index in [4.69, 9.17) is 5.73 Å². The Bertz CT molecular complexity index is 274. The number of nitrogens with zero attached hydrogens (tertiary/aromatic N) is 2. The number of nitrogen functional groups attached to an aromatic ring is 1. The monoisotopic (exact) mass is 228 g/mol. The molecule has 3 N–H and O–H groups in total. The van der Waals surface area contributed by atoms with Crippen molar-refractivity contribution in [3.8, 4) is 0 Å². The highest BCUT2D eigenvalue weighted by Crippen LogP contribution is 2.16. The molecule has 4 nitrogen and oxygen atoms in total. The second-order valence-electron chi connectivity index (χ2n) is 3.48. The van der Waals surface area contributed by atoms with E-state index in [2.05, 4.69) is 28.4 Å². The number of likely N-dealkylation sites (N-methyl/N-ethyl adjacent to an activating group) is 1. The predicted molar refractivity (Wildman–Crippen MR) is 67.4 cm³/mol. The number of nitrogens with two attached hydrogens (primary N) is 1. The Morgan fingerprint density at radius 3 is 2.80 bits per heavy atom. The van der Waals surface area contributed by atoms with Gasteiger partial charge in [-0.1, -0.05) is 13.8 Å². The Hall–Kier alpha value is -0.810. The van der Waals surface area contributed by atoms with Crippen LogP contribution >= 0.6 is 11.5 Å². The van der Waals surface area contributed by atoms with E-state index in [1.54, 1.807) is 0 Å². The van der Waals surface area contributed by atoms with E-state index in [1.165, 1.54) is 24.5 Å². The van der Waals surface area contributed by atoms with Gasteiger partial charge in [0.15, 0.2) is 0 Å². The number of aromatic nitrogens is 1. The van der Waals surface area contributed by atoms with Crippen LogP contribution in [0.3, 0.4) is 0 Å². The molecule has 0 saturated carbocycles. The van der Waals surface area contributed by atoms with Crippen LogP contribution in [0, 0.1) is 0 Å². The van der Waals surface area contributed by atoms with Crippen molar-refractivity contribution in [2.24, 2.45) is 0 Å². The Balaban J connectivity index is 2.20. The van der Waals surface area contributed by atoms with E-state index in [1.807, 2.05) is 6.07 Å². The molecule has 0 aliphatic heterocycles. The third-order valence-corrected chi connectivity index (χ3v) is 3.00. The fourth-order valence-electron chi connectivity index (χ4n) is 1.45. The molecule has 0 aliphatic rings. The van der Waals surface area contributed by atoms with Crippen LogP contribution in [0.5, 0.6) is 0 Å². The van der Waals surface area contributed by atoms with Crippen molar-refractivity contribution in [3.05, 3.63) is 6.07 Å². The zero-order valence-corrected chi connectivity index (χ0v) is 10.3. The molecule has 86 valence electrons. The van der Waals surface area contributed by atoms with Gasteiger partial charge in [0.05, 0.1) is 0 Å². The average molecular weight is 228 g/mol. The number of hydrogen-bond donors (Lipinski definition) is 2. The van der Waals surface area contributed by atoms with Crippen LogP contribution in [-0.4, -0.2) is 35.5 Å². The average Bonchev–Trinajstić information content (AvgIpc) is 2.63. The summed E-state index contributed by atoms with van der Waals surface area (Å²) < 4.78 is 4.01. The summed E-state index contributed by atoms with van der Waals surface area (Å²) in [4.78, 5) is 2.43. The third kappa shape index (κ3) is 4.48. The van der Waals surface area contributed by atoms with Gasteiger partial charge in [-0.15, -0.1) is 0 Å². The van der Waals surface area contributed by atoms with Gasteiger partial charge in [-0.05, 0) is 31.0 Å². The summed E-state index contributed by atoms with van der Waals surface area (Å²) >= 11 is 1.42. The van der Waals surface area contributed by atoms with Crippen molar-refractivity contribution < 1.29 is 0 Å². The second kappa shape index (κ2) is 6.63. The normalized spacial score (nSPS) is 10.9. The van der Waals surface area contributed by atoms with E-state index in [0.717, 1.165) is 24.6 Å². The third-order valence-electron chi connectivity index (χ3n) is 2.24. The molecule has 0 spiro atoms. The van der Waals surface area contributed by atoms with E-state index in [-0.39, 0.29) is 0 Å². The maximum absolute atomic E-state index is 5.53. The van der Waals surface area contributed by atoms with Gasteiger partial charge in [-0.2, -0.15) is 4.37 Å². The van der Waals surface area contributed by atoms with Crippen molar-refractivity contribution in [2.45, 2.75) is 20.3 Å². The molecule has 5 heteroatoms. The topological polar surface area (TPSA) is 54.2 Å². The van der Waals surface area contributed by atoms with Crippen molar-refractivity contribution >= 4 is 22.4 Å². The minimum Gasteiger partial charge on any atom is -0.383 e. The molecule has 0 aliphatic carbocycles. The highest BCUT2D eigenvalue weighted by molar-refractivity contribution is 7.10. The summed E-state index contributed by atoms with van der Waals surface area (Å²) in [5.41, 5.74) is 5.53. The molecule has 0 radical (unpaired) electrons. The number of hydrogen-bond acceptors (Lipinski definition) is 5. The van der Waals surface area contributed by atoms with Crippen LogP contribution in [0.2, 0.25) is 0 Å². The summed E-state index contributed by atoms with van der Waals surface area (Å²) in [6, 6.07) is 1.88. The minimum absolute atomic E-state index is 0.600. The summed E-state index contributed by atoms with van der Waals surface area (Å²) in [6.45, 7) is 8.71. The van der Waals surface area contributed by atoms with Gasteiger partial charge in [-0.3, -0.25) is 0 Å². The largest absolute Gasteiger partial charge is 0.383 e. The number of nitrogens with one attached hydrogen (secondary N) is 1. The minimum atomic E-state index is 0.600. The molecule has 0 atom stereocenters. The molecular weight excluding hydrogens is 208 g/mol. The van der Waals surface area contributed by atoms with Gasteiger partial charge in [0.25, 0.3) is 0 Å². The molecule has 15 heavy (non-hydrogen) atoms. The lowest BCUT2D eigenvalue weighted by molar-refractivity contribution is 0.300. The molecule has 1 rings (SSSR count). The van der Waals surface area contributed by atoms with Crippen LogP contribution in [0.15, 0.2) is 6.07 Å². The van der Waals surface area contributed by atoms with Crippen LogP contribution in [0.25, 0.3) is 0 Å². The van der Waals surface area contributed by atoms with Crippen molar-refractivity contribution in [2.75, 3.05) is 37.2 Å². The SMILES string of the molecule is CCCN(CC)CCNc1cc(N)ns1. The molecule has 0 unspecified atom stereocenters. The highest BCUT2D eigenvalue weighted by atomic mass is 32.1. The van der Waals surface area contributed by atoms with Crippen molar-refractivity contribution in [3.63, 3.8) is 0 Å². The molecule has 0 bridgehead atoms. The molecule has 0 amide bonds. The Labute approximate surface area is 95.6 Å². The first-order valence-electron chi connectivity index (χ1n) is 5.44.